The lowest BCUT2D eigenvalue weighted by Crippen LogP contribution is -2.40. The molecule has 1 aliphatic heterocycles. The van der Waals surface area contributed by atoms with Crippen LogP contribution in [-0.4, -0.2) is 29.1 Å². The zero-order valence-electron chi connectivity index (χ0n) is 12.7. The van der Waals surface area contributed by atoms with Crippen LogP contribution in [0.2, 0.25) is 0 Å². The standard InChI is InChI=1S/C16H21BrFNO2/c1-16(2,3)21-15(20)14-5-4-8-19(14)10-11-9-12(18)6-7-13(11)17/h6-7,9,14H,4-5,8,10H2,1-3H3/t14-/m0/s1. The first-order chi connectivity index (χ1) is 9.76. The van der Waals surface area contributed by atoms with Crippen molar-refractivity contribution in [1.82, 2.24) is 4.90 Å². The molecule has 5 heteroatoms. The van der Waals surface area contributed by atoms with Gasteiger partial charge in [0, 0.05) is 11.0 Å². The van der Waals surface area contributed by atoms with Crippen LogP contribution < -0.4 is 0 Å². The molecule has 21 heavy (non-hydrogen) atoms. The number of hydrogen-bond donors (Lipinski definition) is 0. The Bertz CT molecular complexity index is 527. The fraction of sp³-hybridized carbons (Fsp3) is 0.562. The second kappa shape index (κ2) is 6.44. The van der Waals surface area contributed by atoms with E-state index in [2.05, 4.69) is 20.8 Å². The van der Waals surface area contributed by atoms with Gasteiger partial charge in [-0.2, -0.15) is 0 Å². The summed E-state index contributed by atoms with van der Waals surface area (Å²) in [5.41, 5.74) is 0.371. The number of carbonyl (C=O) groups excluding carboxylic acids is 1. The van der Waals surface area contributed by atoms with Crippen LogP contribution in [0, 0.1) is 5.82 Å². The van der Waals surface area contributed by atoms with Crippen LogP contribution in [-0.2, 0) is 16.1 Å². The van der Waals surface area contributed by atoms with Crippen molar-refractivity contribution in [1.29, 1.82) is 0 Å². The van der Waals surface area contributed by atoms with E-state index < -0.39 is 5.60 Å². The van der Waals surface area contributed by atoms with Crippen molar-refractivity contribution in [3.05, 3.63) is 34.1 Å². The van der Waals surface area contributed by atoms with Gasteiger partial charge < -0.3 is 4.74 Å². The monoisotopic (exact) mass is 357 g/mol. The summed E-state index contributed by atoms with van der Waals surface area (Å²) >= 11 is 3.43. The molecule has 0 bridgehead atoms. The third-order valence-corrected chi connectivity index (χ3v) is 4.20. The molecule has 1 heterocycles. The van der Waals surface area contributed by atoms with E-state index in [9.17, 15) is 9.18 Å². The second-order valence-corrected chi connectivity index (χ2v) is 7.25. The lowest BCUT2D eigenvalue weighted by atomic mass is 10.1. The Balaban J connectivity index is 2.08. The van der Waals surface area contributed by atoms with Crippen LogP contribution in [0.25, 0.3) is 0 Å². The highest BCUT2D eigenvalue weighted by atomic mass is 79.9. The van der Waals surface area contributed by atoms with Gasteiger partial charge in [-0.3, -0.25) is 9.69 Å². The Morgan fingerprint density at radius 1 is 1.48 bits per heavy atom. The molecule has 1 saturated heterocycles. The maximum atomic E-state index is 13.4. The van der Waals surface area contributed by atoms with E-state index in [0.29, 0.717) is 6.54 Å². The lowest BCUT2D eigenvalue weighted by molar-refractivity contribution is -0.160. The van der Waals surface area contributed by atoms with Gasteiger partial charge in [-0.25, -0.2) is 4.39 Å². The minimum atomic E-state index is -0.481. The summed E-state index contributed by atoms with van der Waals surface area (Å²) < 4.78 is 19.7. The zero-order chi connectivity index (χ0) is 15.6. The highest BCUT2D eigenvalue weighted by molar-refractivity contribution is 9.10. The number of esters is 1. The van der Waals surface area contributed by atoms with Gasteiger partial charge in [0.25, 0.3) is 0 Å². The number of likely N-dealkylation sites (tertiary alicyclic amines) is 1. The summed E-state index contributed by atoms with van der Waals surface area (Å²) in [6.07, 6.45) is 1.75. The molecule has 0 amide bonds. The highest BCUT2D eigenvalue weighted by Gasteiger charge is 2.34. The lowest BCUT2D eigenvalue weighted by Gasteiger charge is -2.27. The van der Waals surface area contributed by atoms with E-state index in [1.54, 1.807) is 6.07 Å². The molecule has 116 valence electrons. The first-order valence-corrected chi connectivity index (χ1v) is 7.96. The molecule has 0 spiro atoms. The molecule has 1 aromatic carbocycles. The van der Waals surface area contributed by atoms with Crippen molar-refractivity contribution in [3.8, 4) is 0 Å². The smallest absolute Gasteiger partial charge is 0.323 e. The summed E-state index contributed by atoms with van der Waals surface area (Å²) in [4.78, 5) is 14.3. The number of halogens is 2. The maximum absolute atomic E-state index is 13.4. The normalized spacial score (nSPS) is 19.8. The van der Waals surface area contributed by atoms with E-state index in [1.807, 2.05) is 20.8 Å². The van der Waals surface area contributed by atoms with Crippen LogP contribution in [0.3, 0.4) is 0 Å². The number of rotatable bonds is 3. The zero-order valence-corrected chi connectivity index (χ0v) is 14.2. The number of ether oxygens (including phenoxy) is 1. The Kier molecular flexibility index (Phi) is 5.04. The van der Waals surface area contributed by atoms with Crippen molar-refractivity contribution in [3.63, 3.8) is 0 Å². The van der Waals surface area contributed by atoms with Crippen molar-refractivity contribution < 1.29 is 13.9 Å². The third-order valence-electron chi connectivity index (χ3n) is 3.42. The van der Waals surface area contributed by atoms with Crippen molar-refractivity contribution in [2.45, 2.75) is 51.8 Å². The number of hydrogen-bond acceptors (Lipinski definition) is 3. The largest absolute Gasteiger partial charge is 0.459 e. The maximum Gasteiger partial charge on any atom is 0.323 e. The fourth-order valence-corrected chi connectivity index (χ4v) is 2.91. The average Bonchev–Trinajstić information content (AvgIpc) is 2.80. The molecule has 0 saturated carbocycles. The molecular formula is C16H21BrFNO2. The fourth-order valence-electron chi connectivity index (χ4n) is 2.54. The summed E-state index contributed by atoms with van der Waals surface area (Å²) in [7, 11) is 0. The topological polar surface area (TPSA) is 29.5 Å². The predicted molar refractivity (Wildman–Crippen MR) is 83.4 cm³/mol. The molecule has 1 atom stereocenters. The Morgan fingerprint density at radius 2 is 2.19 bits per heavy atom. The minimum absolute atomic E-state index is 0.187. The van der Waals surface area contributed by atoms with E-state index in [4.69, 9.17) is 4.74 Å². The second-order valence-electron chi connectivity index (χ2n) is 6.40. The van der Waals surface area contributed by atoms with Crippen LogP contribution >= 0.6 is 15.9 Å². The molecule has 0 aromatic heterocycles. The molecule has 1 fully saturated rings. The highest BCUT2D eigenvalue weighted by Crippen LogP contribution is 2.26. The molecule has 0 unspecified atom stereocenters. The van der Waals surface area contributed by atoms with E-state index in [1.165, 1.54) is 12.1 Å². The molecular weight excluding hydrogens is 337 g/mol. The number of nitrogens with zero attached hydrogens (tertiary/aromatic N) is 1. The Morgan fingerprint density at radius 3 is 2.86 bits per heavy atom. The van der Waals surface area contributed by atoms with Gasteiger partial charge in [0.15, 0.2) is 0 Å². The van der Waals surface area contributed by atoms with Gasteiger partial charge in [-0.1, -0.05) is 15.9 Å². The average molecular weight is 358 g/mol. The van der Waals surface area contributed by atoms with Crippen LogP contribution in [0.15, 0.2) is 22.7 Å². The SMILES string of the molecule is CC(C)(C)OC(=O)[C@@H]1CCCN1Cc1cc(F)ccc1Br. The van der Waals surface area contributed by atoms with E-state index in [-0.39, 0.29) is 17.8 Å². The van der Waals surface area contributed by atoms with Gasteiger partial charge in [0.2, 0.25) is 0 Å². The molecule has 0 aliphatic carbocycles. The van der Waals surface area contributed by atoms with Crippen LogP contribution in [0.1, 0.15) is 39.2 Å². The summed E-state index contributed by atoms with van der Waals surface area (Å²) in [6.45, 7) is 6.98. The first-order valence-electron chi connectivity index (χ1n) is 7.17. The Hall–Kier alpha value is -0.940. The molecule has 1 aromatic rings. The molecule has 0 N–H and O–H groups in total. The van der Waals surface area contributed by atoms with Gasteiger partial charge in [0.05, 0.1) is 0 Å². The molecule has 0 radical (unpaired) electrons. The molecule has 2 rings (SSSR count). The third kappa shape index (κ3) is 4.51. The summed E-state index contributed by atoms with van der Waals surface area (Å²) in [5.74, 6) is -0.450. The predicted octanol–water partition coefficient (Wildman–Crippen LogP) is 3.89. The van der Waals surface area contributed by atoms with Gasteiger partial charge in [0.1, 0.15) is 17.5 Å². The molecule has 3 nitrogen and oxygen atoms in total. The first kappa shape index (κ1) is 16.4. The van der Waals surface area contributed by atoms with Crippen molar-refractivity contribution in [2.24, 2.45) is 0 Å². The number of carbonyl (C=O) groups is 1. The Labute approximate surface area is 133 Å². The van der Waals surface area contributed by atoms with Crippen molar-refractivity contribution >= 4 is 21.9 Å². The van der Waals surface area contributed by atoms with Gasteiger partial charge in [-0.05, 0) is 63.9 Å². The van der Waals surface area contributed by atoms with Crippen molar-refractivity contribution in [2.75, 3.05) is 6.54 Å². The molecule has 1 aliphatic rings. The van der Waals surface area contributed by atoms with Gasteiger partial charge in [-0.15, -0.1) is 0 Å². The quantitative estimate of drug-likeness (QED) is 0.768. The van der Waals surface area contributed by atoms with Crippen LogP contribution in [0.4, 0.5) is 4.39 Å². The van der Waals surface area contributed by atoms with E-state index >= 15 is 0 Å². The minimum Gasteiger partial charge on any atom is -0.459 e. The summed E-state index contributed by atoms with van der Waals surface area (Å²) in [6, 6.07) is 4.39. The van der Waals surface area contributed by atoms with Crippen LogP contribution in [0.5, 0.6) is 0 Å². The van der Waals surface area contributed by atoms with Gasteiger partial charge >= 0.3 is 5.97 Å². The summed E-state index contributed by atoms with van der Waals surface area (Å²) in [5, 5.41) is 0. The number of benzene rings is 1. The van der Waals surface area contributed by atoms with E-state index in [0.717, 1.165) is 29.4 Å².